The van der Waals surface area contributed by atoms with E-state index in [2.05, 4.69) is 0 Å². The van der Waals surface area contributed by atoms with Gasteiger partial charge in [0.1, 0.15) is 0 Å². The molecule has 0 saturated heterocycles. The molecule has 0 bridgehead atoms. The van der Waals surface area contributed by atoms with E-state index in [1.165, 1.54) is 0 Å². The maximum atomic E-state index is 8.59. The van der Waals surface area contributed by atoms with Crippen LogP contribution in [-0.4, -0.2) is 0 Å². The van der Waals surface area contributed by atoms with Gasteiger partial charge in [-0.1, -0.05) is 0 Å². The zero-order valence-electron chi connectivity index (χ0n) is 2.04. The number of rotatable bonds is 0. The Morgan fingerprint density at radius 3 is 1.00 bits per heavy atom. The third kappa shape index (κ3) is 48800. The number of halogens is 1. The summed E-state index contributed by atoms with van der Waals surface area (Å²) in [5.41, 5.74) is 0. The van der Waals surface area contributed by atoms with Crippen molar-refractivity contribution in [3.63, 3.8) is 0 Å². The molecule has 0 aliphatic heterocycles. The summed E-state index contributed by atoms with van der Waals surface area (Å²) in [6, 6.07) is 0. The molecule has 5 heavy (non-hydrogen) atoms. The topological polar surface area (TPSA) is 51.2 Å². The van der Waals surface area contributed by atoms with E-state index >= 15 is 0 Å². The predicted molar refractivity (Wildman–Crippen MR) is 4.56 cm³/mol. The summed E-state index contributed by atoms with van der Waals surface area (Å²) in [6.07, 6.45) is 0. The zero-order valence-corrected chi connectivity index (χ0v) is 4.05. The van der Waals surface area contributed by atoms with Crippen molar-refractivity contribution in [3.8, 4) is 0 Å². The van der Waals surface area contributed by atoms with Gasteiger partial charge in [-0.05, 0) is 0 Å². The Morgan fingerprint density at radius 1 is 1.00 bits per heavy atom. The molecule has 0 amide bonds. The van der Waals surface area contributed by atoms with Crippen molar-refractivity contribution in [2.45, 2.75) is 0 Å². The van der Waals surface area contributed by atoms with Gasteiger partial charge in [0.2, 0.25) is 0 Å². The third-order valence-corrected chi connectivity index (χ3v) is 0. The van der Waals surface area contributed by atoms with E-state index < -0.39 is 17.2 Å². The maximum absolute atomic E-state index is 8.59. The van der Waals surface area contributed by atoms with Crippen LogP contribution in [0.3, 0.4) is 0 Å². The molecule has 5 heteroatoms. The van der Waals surface area contributed by atoms with Crippen LogP contribution in [0, 0.1) is 0 Å². The van der Waals surface area contributed by atoms with Gasteiger partial charge in [-0.25, -0.2) is 0 Å². The SMILES string of the molecule is F.[O]=[Mo](=[O])=[O]. The molecular weight excluding hydrogens is 163 g/mol. The van der Waals surface area contributed by atoms with Crippen LogP contribution in [0.15, 0.2) is 0 Å². The Bertz CT molecular complexity index is 76.3. The molecule has 0 heterocycles. The van der Waals surface area contributed by atoms with E-state index in [9.17, 15) is 0 Å². The average molecular weight is 164 g/mol. The van der Waals surface area contributed by atoms with Crippen molar-refractivity contribution >= 4 is 0 Å². The van der Waals surface area contributed by atoms with E-state index in [0.717, 1.165) is 0 Å². The molecule has 32 valence electrons. The van der Waals surface area contributed by atoms with Crippen LogP contribution in [0.5, 0.6) is 0 Å². The normalized spacial score (nSPS) is 4.80. The molecule has 0 aliphatic rings. The second-order valence-electron chi connectivity index (χ2n) is 0.204. The Kier molecular flexibility index (Phi) is 7.15. The Hall–Kier alpha value is 0.0183. The second-order valence-corrected chi connectivity index (χ2v) is 1.21. The van der Waals surface area contributed by atoms with Gasteiger partial charge in [0, 0.05) is 0 Å². The summed E-state index contributed by atoms with van der Waals surface area (Å²) in [4.78, 5) is 0. The quantitative estimate of drug-likeness (QED) is 0.465. The summed E-state index contributed by atoms with van der Waals surface area (Å²) in [5, 5.41) is 0. The molecule has 0 radical (unpaired) electrons. The van der Waals surface area contributed by atoms with Crippen LogP contribution in [0.25, 0.3) is 0 Å². The molecule has 0 rings (SSSR count). The number of hydrogen-bond donors (Lipinski definition) is 0. The molecule has 0 aromatic rings. The molecule has 0 saturated carbocycles. The zero-order chi connectivity index (χ0) is 3.58. The molecule has 0 unspecified atom stereocenters. The molecule has 0 aromatic carbocycles. The first-order chi connectivity index (χ1) is 1.73. The standard InChI is InChI=1S/FH.Mo.3O/h1H;;;;. The molecule has 0 fully saturated rings. The van der Waals surface area contributed by atoms with Crippen molar-refractivity contribution in [3.05, 3.63) is 0 Å². The summed E-state index contributed by atoms with van der Waals surface area (Å²) in [6.45, 7) is 0. The summed E-state index contributed by atoms with van der Waals surface area (Å²) < 4.78 is 25.8. The molecule has 0 spiro atoms. The van der Waals surface area contributed by atoms with E-state index in [-0.39, 0.29) is 4.70 Å². The van der Waals surface area contributed by atoms with Crippen molar-refractivity contribution in [1.29, 1.82) is 0 Å². The van der Waals surface area contributed by atoms with Gasteiger partial charge < -0.3 is 0 Å². The fourth-order valence-corrected chi connectivity index (χ4v) is 0. The van der Waals surface area contributed by atoms with E-state index in [1.54, 1.807) is 0 Å². The van der Waals surface area contributed by atoms with Crippen LogP contribution < -0.4 is 0 Å². The Morgan fingerprint density at radius 2 is 1.00 bits per heavy atom. The average Bonchev–Trinajstić information content (AvgIpc) is 0.811. The van der Waals surface area contributed by atoms with Gasteiger partial charge in [0.15, 0.2) is 0 Å². The van der Waals surface area contributed by atoms with Crippen molar-refractivity contribution in [2.75, 3.05) is 0 Å². The number of hydrogen-bond acceptors (Lipinski definition) is 3. The van der Waals surface area contributed by atoms with Crippen LogP contribution >= 0.6 is 0 Å². The molecule has 0 aliphatic carbocycles. The van der Waals surface area contributed by atoms with Crippen molar-refractivity contribution < 1.29 is 32.1 Å². The fraction of sp³-hybridized carbons (Fsp3) is 0. The van der Waals surface area contributed by atoms with Gasteiger partial charge >= 0.3 is 27.4 Å². The Balaban J connectivity index is 0. The van der Waals surface area contributed by atoms with Crippen LogP contribution in [0.4, 0.5) is 4.70 Å². The van der Waals surface area contributed by atoms with E-state index in [4.69, 9.17) is 10.2 Å². The molecular formula is HFMoO3. The Labute approximate surface area is 32.8 Å². The summed E-state index contributed by atoms with van der Waals surface area (Å²) in [7, 11) is 0. The monoisotopic (exact) mass is 166 g/mol. The van der Waals surface area contributed by atoms with Gasteiger partial charge in [0.25, 0.3) is 0 Å². The first-order valence-electron chi connectivity index (χ1n) is 0.500. The molecule has 0 atom stereocenters. The van der Waals surface area contributed by atoms with Crippen LogP contribution in [0.1, 0.15) is 0 Å². The van der Waals surface area contributed by atoms with Crippen LogP contribution in [-0.2, 0) is 27.4 Å². The third-order valence-electron chi connectivity index (χ3n) is 0. The summed E-state index contributed by atoms with van der Waals surface area (Å²) >= 11 is -4.11. The minimum atomic E-state index is -4.11. The second kappa shape index (κ2) is 4.02. The van der Waals surface area contributed by atoms with Gasteiger partial charge in [-0.3, -0.25) is 4.70 Å². The predicted octanol–water partition coefficient (Wildman–Crippen LogP) is -0.206. The minimum absolute atomic E-state index is 0. The molecule has 0 aromatic heterocycles. The van der Waals surface area contributed by atoms with Gasteiger partial charge in [-0.15, -0.1) is 0 Å². The molecule has 0 N–H and O–H groups in total. The van der Waals surface area contributed by atoms with Crippen LogP contribution in [0.2, 0.25) is 0 Å². The van der Waals surface area contributed by atoms with E-state index in [1.807, 2.05) is 0 Å². The van der Waals surface area contributed by atoms with E-state index in [0.29, 0.717) is 0 Å². The van der Waals surface area contributed by atoms with Gasteiger partial charge in [-0.2, -0.15) is 0 Å². The summed E-state index contributed by atoms with van der Waals surface area (Å²) in [5.74, 6) is 0. The fourth-order valence-electron chi connectivity index (χ4n) is 0. The first kappa shape index (κ1) is 8.89. The molecule has 3 nitrogen and oxygen atoms in total. The van der Waals surface area contributed by atoms with Crippen molar-refractivity contribution in [2.24, 2.45) is 0 Å². The van der Waals surface area contributed by atoms with Crippen molar-refractivity contribution in [1.82, 2.24) is 0 Å². The first-order valence-corrected chi connectivity index (χ1v) is 2.96. The van der Waals surface area contributed by atoms with Gasteiger partial charge in [0.05, 0.1) is 0 Å².